The van der Waals surface area contributed by atoms with Gasteiger partial charge >= 0.3 is 0 Å². The molecule has 0 saturated carbocycles. The van der Waals surface area contributed by atoms with Crippen molar-refractivity contribution in [1.29, 1.82) is 0 Å². The molecule has 0 unspecified atom stereocenters. The van der Waals surface area contributed by atoms with E-state index in [9.17, 15) is 0 Å². The standard InChI is InChI=1S/C9H7Cl2N.C2H6/c1-5-4-12-9-3-8(11)7(10)2-6(5)9;1-2/h2-4,12H,1H3;1-2H3. The van der Waals surface area contributed by atoms with Gasteiger partial charge in [0, 0.05) is 17.1 Å². The number of halogens is 2. The molecule has 0 atom stereocenters. The fraction of sp³-hybridized carbons (Fsp3) is 0.273. The molecule has 1 aromatic carbocycles. The Morgan fingerprint density at radius 3 is 2.29 bits per heavy atom. The van der Waals surface area contributed by atoms with Gasteiger partial charge in [-0.15, -0.1) is 0 Å². The Hall–Kier alpha value is -0.660. The average Bonchev–Trinajstić information content (AvgIpc) is 2.53. The highest BCUT2D eigenvalue weighted by Crippen LogP contribution is 2.28. The maximum atomic E-state index is 5.87. The van der Waals surface area contributed by atoms with Crippen LogP contribution in [0, 0.1) is 6.92 Å². The molecule has 1 N–H and O–H groups in total. The van der Waals surface area contributed by atoms with E-state index in [4.69, 9.17) is 23.2 Å². The predicted molar refractivity (Wildman–Crippen MR) is 64.4 cm³/mol. The van der Waals surface area contributed by atoms with Gasteiger partial charge < -0.3 is 4.98 Å². The molecule has 3 heteroatoms. The smallest absolute Gasteiger partial charge is 0.0613 e. The Morgan fingerprint density at radius 1 is 1.07 bits per heavy atom. The molecule has 1 heterocycles. The second kappa shape index (κ2) is 4.72. The number of nitrogens with one attached hydrogen (secondary N) is 1. The van der Waals surface area contributed by atoms with Gasteiger partial charge in [-0.1, -0.05) is 37.0 Å². The fourth-order valence-electron chi connectivity index (χ4n) is 1.26. The van der Waals surface area contributed by atoms with E-state index in [1.54, 1.807) is 0 Å². The van der Waals surface area contributed by atoms with Crippen molar-refractivity contribution in [3.05, 3.63) is 33.9 Å². The first kappa shape index (κ1) is 11.4. The number of aromatic amines is 1. The van der Waals surface area contributed by atoms with Crippen molar-refractivity contribution in [2.45, 2.75) is 20.8 Å². The summed E-state index contributed by atoms with van der Waals surface area (Å²) in [7, 11) is 0. The predicted octanol–water partition coefficient (Wildman–Crippen LogP) is 4.81. The van der Waals surface area contributed by atoms with Crippen molar-refractivity contribution in [2.75, 3.05) is 0 Å². The molecular weight excluding hydrogens is 217 g/mol. The molecule has 0 saturated heterocycles. The number of benzene rings is 1. The maximum Gasteiger partial charge on any atom is 0.0613 e. The second-order valence-corrected chi connectivity index (χ2v) is 3.60. The van der Waals surface area contributed by atoms with E-state index in [2.05, 4.69) is 4.98 Å². The van der Waals surface area contributed by atoms with Crippen LogP contribution in [0.1, 0.15) is 19.4 Å². The van der Waals surface area contributed by atoms with E-state index >= 15 is 0 Å². The molecule has 2 rings (SSSR count). The van der Waals surface area contributed by atoms with Crippen molar-refractivity contribution in [2.24, 2.45) is 0 Å². The van der Waals surface area contributed by atoms with Crippen molar-refractivity contribution in [3.8, 4) is 0 Å². The van der Waals surface area contributed by atoms with Crippen molar-refractivity contribution in [1.82, 2.24) is 4.98 Å². The van der Waals surface area contributed by atoms with Gasteiger partial charge in [0.2, 0.25) is 0 Å². The van der Waals surface area contributed by atoms with Gasteiger partial charge in [0.05, 0.1) is 10.0 Å². The molecule has 0 aliphatic rings. The van der Waals surface area contributed by atoms with E-state index in [1.165, 1.54) is 5.56 Å². The molecule has 14 heavy (non-hydrogen) atoms. The number of rotatable bonds is 0. The lowest BCUT2D eigenvalue weighted by molar-refractivity contribution is 1.43. The molecule has 1 nitrogen and oxygen atoms in total. The lowest BCUT2D eigenvalue weighted by Crippen LogP contribution is -1.71. The van der Waals surface area contributed by atoms with Crippen LogP contribution >= 0.6 is 23.2 Å². The van der Waals surface area contributed by atoms with Crippen LogP contribution in [0.2, 0.25) is 10.0 Å². The zero-order valence-electron chi connectivity index (χ0n) is 8.49. The van der Waals surface area contributed by atoms with Gasteiger partial charge in [-0.2, -0.15) is 0 Å². The number of hydrogen-bond acceptors (Lipinski definition) is 0. The zero-order chi connectivity index (χ0) is 10.7. The Bertz CT molecular complexity index is 432. The number of fused-ring (bicyclic) bond motifs is 1. The SMILES string of the molecule is CC.Cc1c[nH]c2cc(Cl)c(Cl)cc12. The van der Waals surface area contributed by atoms with Crippen LogP contribution in [0.4, 0.5) is 0 Å². The first-order valence-corrected chi connectivity index (χ1v) is 5.37. The molecule has 1 aromatic heterocycles. The summed E-state index contributed by atoms with van der Waals surface area (Å²) < 4.78 is 0. The molecule has 0 aliphatic heterocycles. The van der Waals surface area contributed by atoms with E-state index in [1.807, 2.05) is 39.1 Å². The maximum absolute atomic E-state index is 5.87. The second-order valence-electron chi connectivity index (χ2n) is 2.78. The van der Waals surface area contributed by atoms with E-state index < -0.39 is 0 Å². The Kier molecular flexibility index (Phi) is 3.85. The third-order valence-electron chi connectivity index (χ3n) is 1.93. The number of hydrogen-bond donors (Lipinski definition) is 1. The molecule has 0 aliphatic carbocycles. The molecular formula is C11H13Cl2N. The quantitative estimate of drug-likeness (QED) is 0.668. The van der Waals surface area contributed by atoms with Crippen molar-refractivity contribution in [3.63, 3.8) is 0 Å². The number of H-pyrrole nitrogens is 1. The van der Waals surface area contributed by atoms with Gasteiger partial charge in [-0.25, -0.2) is 0 Å². The highest BCUT2D eigenvalue weighted by Gasteiger charge is 2.03. The van der Waals surface area contributed by atoms with E-state index in [0.717, 1.165) is 10.9 Å². The summed E-state index contributed by atoms with van der Waals surface area (Å²) in [4.78, 5) is 3.11. The monoisotopic (exact) mass is 229 g/mol. The van der Waals surface area contributed by atoms with Crippen molar-refractivity contribution >= 4 is 34.1 Å². The Balaban J connectivity index is 0.000000461. The van der Waals surface area contributed by atoms with Crippen LogP contribution in [-0.2, 0) is 0 Å². The minimum absolute atomic E-state index is 0.589. The summed E-state index contributed by atoms with van der Waals surface area (Å²) in [6.07, 6.45) is 1.94. The topological polar surface area (TPSA) is 15.8 Å². The molecule has 2 aromatic rings. The summed E-state index contributed by atoms with van der Waals surface area (Å²) in [5, 5.41) is 2.32. The van der Waals surface area contributed by atoms with Crippen molar-refractivity contribution < 1.29 is 0 Å². The van der Waals surface area contributed by atoms with Crippen LogP contribution in [0.5, 0.6) is 0 Å². The summed E-state index contributed by atoms with van der Waals surface area (Å²) in [6.45, 7) is 6.03. The molecule has 0 spiro atoms. The third-order valence-corrected chi connectivity index (χ3v) is 2.65. The molecule has 0 radical (unpaired) electrons. The summed E-state index contributed by atoms with van der Waals surface area (Å²) in [6, 6.07) is 3.72. The largest absolute Gasteiger partial charge is 0.361 e. The van der Waals surface area contributed by atoms with Gasteiger partial charge in [-0.3, -0.25) is 0 Å². The Labute approximate surface area is 94.0 Å². The van der Waals surface area contributed by atoms with Crippen LogP contribution in [0.25, 0.3) is 10.9 Å². The van der Waals surface area contributed by atoms with Gasteiger partial charge in [0.25, 0.3) is 0 Å². The fourth-order valence-corrected chi connectivity index (χ4v) is 1.58. The normalized spacial score (nSPS) is 9.79. The molecule has 76 valence electrons. The highest BCUT2D eigenvalue weighted by atomic mass is 35.5. The Morgan fingerprint density at radius 2 is 1.64 bits per heavy atom. The van der Waals surface area contributed by atoms with E-state index in [0.29, 0.717) is 10.0 Å². The van der Waals surface area contributed by atoms with Crippen LogP contribution in [0.15, 0.2) is 18.3 Å². The average molecular weight is 230 g/mol. The van der Waals surface area contributed by atoms with Gasteiger partial charge in [0.1, 0.15) is 0 Å². The highest BCUT2D eigenvalue weighted by molar-refractivity contribution is 6.42. The first-order chi connectivity index (χ1) is 6.68. The first-order valence-electron chi connectivity index (χ1n) is 4.61. The van der Waals surface area contributed by atoms with Crippen LogP contribution in [0.3, 0.4) is 0 Å². The van der Waals surface area contributed by atoms with Gasteiger partial charge in [-0.05, 0) is 24.6 Å². The molecule has 0 bridgehead atoms. The number of aromatic nitrogens is 1. The minimum atomic E-state index is 0.589. The molecule has 0 fully saturated rings. The third kappa shape index (κ3) is 2.05. The summed E-state index contributed by atoms with van der Waals surface area (Å²) >= 11 is 11.7. The van der Waals surface area contributed by atoms with E-state index in [-0.39, 0.29) is 0 Å². The molecule has 0 amide bonds. The summed E-state index contributed by atoms with van der Waals surface area (Å²) in [5.41, 5.74) is 2.21. The number of aryl methyl sites for hydroxylation is 1. The minimum Gasteiger partial charge on any atom is -0.361 e. The summed E-state index contributed by atoms with van der Waals surface area (Å²) in [5.74, 6) is 0. The lowest BCUT2D eigenvalue weighted by atomic mass is 10.2. The van der Waals surface area contributed by atoms with Crippen LogP contribution in [-0.4, -0.2) is 4.98 Å². The zero-order valence-corrected chi connectivity index (χ0v) is 10.00. The lowest BCUT2D eigenvalue weighted by Gasteiger charge is -1.96. The van der Waals surface area contributed by atoms with Gasteiger partial charge in [0.15, 0.2) is 0 Å². The van der Waals surface area contributed by atoms with Crippen LogP contribution < -0.4 is 0 Å².